The zero-order chi connectivity index (χ0) is 14.6. The highest BCUT2D eigenvalue weighted by Gasteiger charge is 2.33. The summed E-state index contributed by atoms with van der Waals surface area (Å²) >= 11 is 11.8. The van der Waals surface area contributed by atoms with Gasteiger partial charge in [0, 0.05) is 11.6 Å². The van der Waals surface area contributed by atoms with Crippen LogP contribution in [0.25, 0.3) is 0 Å². The van der Waals surface area contributed by atoms with Gasteiger partial charge < -0.3 is 15.8 Å². The van der Waals surface area contributed by atoms with Gasteiger partial charge in [0.1, 0.15) is 5.75 Å². The molecule has 1 aliphatic carbocycles. The van der Waals surface area contributed by atoms with Crippen molar-refractivity contribution in [3.8, 4) is 5.75 Å². The van der Waals surface area contributed by atoms with E-state index in [2.05, 4.69) is 5.32 Å². The molecule has 0 saturated heterocycles. The SMILES string of the molecule is Cl.NCC1(NC(=O)COc2ccc(Cl)cc2Cl)CCCC1. The monoisotopic (exact) mass is 352 g/mol. The van der Waals surface area contributed by atoms with Gasteiger partial charge in [-0.15, -0.1) is 12.4 Å². The second kappa shape index (κ2) is 8.08. The Morgan fingerprint density at radius 1 is 1.33 bits per heavy atom. The minimum Gasteiger partial charge on any atom is -0.482 e. The van der Waals surface area contributed by atoms with Gasteiger partial charge in [0.05, 0.1) is 10.6 Å². The zero-order valence-corrected chi connectivity index (χ0v) is 13.9. The maximum absolute atomic E-state index is 12.0. The minimum absolute atomic E-state index is 0. The third kappa shape index (κ3) is 4.92. The molecule has 2 rings (SSSR count). The number of nitrogens with one attached hydrogen (secondary N) is 1. The van der Waals surface area contributed by atoms with Gasteiger partial charge in [-0.3, -0.25) is 4.79 Å². The number of halogens is 3. The Kier molecular flexibility index (Phi) is 7.07. The van der Waals surface area contributed by atoms with Gasteiger partial charge in [0.25, 0.3) is 5.91 Å². The Morgan fingerprint density at radius 2 is 2.00 bits per heavy atom. The molecule has 1 fully saturated rings. The molecule has 21 heavy (non-hydrogen) atoms. The van der Waals surface area contributed by atoms with Gasteiger partial charge in [-0.05, 0) is 31.0 Å². The first kappa shape index (κ1) is 18.4. The van der Waals surface area contributed by atoms with Crippen molar-refractivity contribution >= 4 is 41.5 Å². The Morgan fingerprint density at radius 3 is 2.57 bits per heavy atom. The average molecular weight is 354 g/mol. The van der Waals surface area contributed by atoms with E-state index in [1.165, 1.54) is 0 Å². The summed E-state index contributed by atoms with van der Waals surface area (Å²) in [5.74, 6) is 0.266. The summed E-state index contributed by atoms with van der Waals surface area (Å²) in [6.07, 6.45) is 4.05. The van der Waals surface area contributed by atoms with Crippen LogP contribution in [-0.2, 0) is 4.79 Å². The molecule has 0 radical (unpaired) electrons. The molecule has 1 aromatic rings. The lowest BCUT2D eigenvalue weighted by Crippen LogP contribution is -2.52. The molecule has 0 aromatic heterocycles. The standard InChI is InChI=1S/C14H18Cl2N2O2.ClH/c15-10-3-4-12(11(16)7-10)20-8-13(19)18-14(9-17)5-1-2-6-14;/h3-4,7H,1-2,5-6,8-9,17H2,(H,18,19);1H. The molecular weight excluding hydrogens is 335 g/mol. The average Bonchev–Trinajstić information content (AvgIpc) is 2.87. The summed E-state index contributed by atoms with van der Waals surface area (Å²) in [4.78, 5) is 12.0. The number of amides is 1. The molecule has 0 aliphatic heterocycles. The fourth-order valence-corrected chi connectivity index (χ4v) is 2.96. The van der Waals surface area contributed by atoms with Crippen LogP contribution >= 0.6 is 35.6 Å². The number of hydrogen-bond acceptors (Lipinski definition) is 3. The van der Waals surface area contributed by atoms with Gasteiger partial charge in [-0.25, -0.2) is 0 Å². The third-order valence-corrected chi connectivity index (χ3v) is 4.14. The number of carbonyl (C=O) groups excluding carboxylic acids is 1. The molecule has 3 N–H and O–H groups in total. The maximum Gasteiger partial charge on any atom is 0.258 e. The Bertz CT molecular complexity index is 491. The van der Waals surface area contributed by atoms with E-state index < -0.39 is 0 Å². The summed E-state index contributed by atoms with van der Waals surface area (Å²) in [5.41, 5.74) is 5.51. The van der Waals surface area contributed by atoms with Crippen molar-refractivity contribution < 1.29 is 9.53 Å². The largest absolute Gasteiger partial charge is 0.482 e. The number of carbonyl (C=O) groups is 1. The second-order valence-electron chi connectivity index (χ2n) is 5.10. The first-order valence-corrected chi connectivity index (χ1v) is 7.39. The fraction of sp³-hybridized carbons (Fsp3) is 0.500. The number of ether oxygens (including phenoxy) is 1. The van der Waals surface area contributed by atoms with Crippen LogP contribution in [0.1, 0.15) is 25.7 Å². The minimum atomic E-state index is -0.260. The quantitative estimate of drug-likeness (QED) is 0.854. The predicted molar refractivity (Wildman–Crippen MR) is 87.6 cm³/mol. The van der Waals surface area contributed by atoms with E-state index in [1.54, 1.807) is 18.2 Å². The van der Waals surface area contributed by atoms with Crippen molar-refractivity contribution in [3.05, 3.63) is 28.2 Å². The first-order valence-electron chi connectivity index (χ1n) is 6.64. The van der Waals surface area contributed by atoms with Crippen LogP contribution in [0.4, 0.5) is 0 Å². The fourth-order valence-electron chi connectivity index (χ4n) is 2.50. The summed E-state index contributed by atoms with van der Waals surface area (Å²) in [7, 11) is 0. The van der Waals surface area contributed by atoms with Crippen molar-refractivity contribution in [2.75, 3.05) is 13.2 Å². The van der Waals surface area contributed by atoms with E-state index in [0.717, 1.165) is 25.7 Å². The number of rotatable bonds is 5. The van der Waals surface area contributed by atoms with Crippen molar-refractivity contribution in [3.63, 3.8) is 0 Å². The molecule has 0 unspecified atom stereocenters. The van der Waals surface area contributed by atoms with Crippen molar-refractivity contribution in [2.45, 2.75) is 31.2 Å². The van der Waals surface area contributed by atoms with Crippen LogP contribution in [-0.4, -0.2) is 24.6 Å². The normalized spacial score (nSPS) is 16.1. The molecule has 118 valence electrons. The summed E-state index contributed by atoms with van der Waals surface area (Å²) in [5, 5.41) is 3.90. The van der Waals surface area contributed by atoms with E-state index in [1.807, 2.05) is 0 Å². The van der Waals surface area contributed by atoms with E-state index in [-0.39, 0.29) is 30.5 Å². The summed E-state index contributed by atoms with van der Waals surface area (Å²) < 4.78 is 5.41. The number of benzene rings is 1. The van der Waals surface area contributed by atoms with Gasteiger partial charge in [-0.2, -0.15) is 0 Å². The highest BCUT2D eigenvalue weighted by Crippen LogP contribution is 2.29. The van der Waals surface area contributed by atoms with Crippen LogP contribution in [0.5, 0.6) is 5.75 Å². The van der Waals surface area contributed by atoms with E-state index in [9.17, 15) is 4.79 Å². The number of hydrogen-bond donors (Lipinski definition) is 2. The Hall–Kier alpha value is -0.680. The molecule has 4 nitrogen and oxygen atoms in total. The molecule has 1 amide bonds. The smallest absolute Gasteiger partial charge is 0.258 e. The molecule has 1 saturated carbocycles. The van der Waals surface area contributed by atoms with E-state index in [0.29, 0.717) is 22.3 Å². The molecule has 0 spiro atoms. The lowest BCUT2D eigenvalue weighted by molar-refractivity contribution is -0.124. The predicted octanol–water partition coefficient (Wildman–Crippen LogP) is 3.18. The van der Waals surface area contributed by atoms with E-state index >= 15 is 0 Å². The molecule has 1 aromatic carbocycles. The van der Waals surface area contributed by atoms with Gasteiger partial charge in [-0.1, -0.05) is 36.0 Å². The highest BCUT2D eigenvalue weighted by atomic mass is 35.5. The second-order valence-corrected chi connectivity index (χ2v) is 5.95. The van der Waals surface area contributed by atoms with Crippen LogP contribution < -0.4 is 15.8 Å². The third-order valence-electron chi connectivity index (χ3n) is 3.61. The van der Waals surface area contributed by atoms with Gasteiger partial charge in [0.2, 0.25) is 0 Å². The molecule has 0 heterocycles. The highest BCUT2D eigenvalue weighted by molar-refractivity contribution is 6.35. The summed E-state index contributed by atoms with van der Waals surface area (Å²) in [6.45, 7) is 0.379. The lowest BCUT2D eigenvalue weighted by atomic mass is 9.98. The van der Waals surface area contributed by atoms with Crippen molar-refractivity contribution in [2.24, 2.45) is 5.73 Å². The topological polar surface area (TPSA) is 64.3 Å². The molecule has 0 atom stereocenters. The van der Waals surface area contributed by atoms with Crippen LogP contribution in [0, 0.1) is 0 Å². The molecule has 1 aliphatic rings. The first-order chi connectivity index (χ1) is 9.54. The van der Waals surface area contributed by atoms with Crippen molar-refractivity contribution in [1.82, 2.24) is 5.32 Å². The number of nitrogens with two attached hydrogens (primary N) is 1. The van der Waals surface area contributed by atoms with Crippen molar-refractivity contribution in [1.29, 1.82) is 0 Å². The Balaban J connectivity index is 0.00000220. The Labute approximate surface area is 140 Å². The molecular formula is C14H19Cl3N2O2. The zero-order valence-electron chi connectivity index (χ0n) is 11.5. The van der Waals surface area contributed by atoms with E-state index in [4.69, 9.17) is 33.7 Å². The maximum atomic E-state index is 12.0. The molecule has 7 heteroatoms. The van der Waals surface area contributed by atoms with Crippen LogP contribution in [0.15, 0.2) is 18.2 Å². The van der Waals surface area contributed by atoms with Gasteiger partial charge >= 0.3 is 0 Å². The van der Waals surface area contributed by atoms with Crippen LogP contribution in [0.2, 0.25) is 10.0 Å². The lowest BCUT2D eigenvalue weighted by Gasteiger charge is -2.28. The van der Waals surface area contributed by atoms with Gasteiger partial charge in [0.15, 0.2) is 6.61 Å². The molecule has 0 bridgehead atoms. The summed E-state index contributed by atoms with van der Waals surface area (Å²) in [6, 6.07) is 4.89. The van der Waals surface area contributed by atoms with Crippen LogP contribution in [0.3, 0.4) is 0 Å².